The maximum absolute atomic E-state index is 12.1. The van der Waals surface area contributed by atoms with Crippen LogP contribution in [0.2, 0.25) is 0 Å². The number of hydrogen-bond donors (Lipinski definition) is 2. The number of carbonyl (C=O) groups excluding carboxylic acids is 1. The van der Waals surface area contributed by atoms with Gasteiger partial charge in [-0.1, -0.05) is 33.6 Å². The fourth-order valence-electron chi connectivity index (χ4n) is 4.40. The van der Waals surface area contributed by atoms with Crippen molar-refractivity contribution < 1.29 is 4.79 Å². The van der Waals surface area contributed by atoms with E-state index in [4.69, 9.17) is 5.73 Å². The summed E-state index contributed by atoms with van der Waals surface area (Å²) in [5.74, 6) is 0.421. The van der Waals surface area contributed by atoms with E-state index in [0.29, 0.717) is 12.0 Å². The average Bonchev–Trinajstić information content (AvgIpc) is 2.66. The van der Waals surface area contributed by atoms with Crippen LogP contribution in [0.3, 0.4) is 0 Å². The summed E-state index contributed by atoms with van der Waals surface area (Å²) in [6.45, 7) is 6.77. The standard InChI is InChI=1S/C15H28N2O/c1-11-8-14(2,3)10-15(9-11,13(16)18)17-12-6-4-5-7-12/h11-12,17H,4-10H2,1-3H3,(H2,16,18). The van der Waals surface area contributed by atoms with Crippen molar-refractivity contribution in [3.63, 3.8) is 0 Å². The third-order valence-electron chi connectivity index (χ3n) is 4.69. The van der Waals surface area contributed by atoms with E-state index in [1.54, 1.807) is 0 Å². The van der Waals surface area contributed by atoms with Crippen LogP contribution in [0.15, 0.2) is 0 Å². The molecule has 2 fully saturated rings. The SMILES string of the molecule is CC1CC(C)(C)CC(NC2CCCC2)(C(N)=O)C1. The van der Waals surface area contributed by atoms with Gasteiger partial charge in [0.15, 0.2) is 0 Å². The molecule has 0 aliphatic heterocycles. The lowest BCUT2D eigenvalue weighted by Gasteiger charge is -2.47. The number of rotatable bonds is 3. The van der Waals surface area contributed by atoms with Gasteiger partial charge >= 0.3 is 0 Å². The minimum atomic E-state index is -0.462. The highest BCUT2D eigenvalue weighted by Crippen LogP contribution is 2.44. The Morgan fingerprint density at radius 3 is 2.33 bits per heavy atom. The van der Waals surface area contributed by atoms with Crippen molar-refractivity contribution in [1.82, 2.24) is 5.32 Å². The van der Waals surface area contributed by atoms with E-state index in [2.05, 4.69) is 26.1 Å². The molecule has 2 atom stereocenters. The maximum Gasteiger partial charge on any atom is 0.237 e. The van der Waals surface area contributed by atoms with Crippen LogP contribution in [0, 0.1) is 11.3 Å². The van der Waals surface area contributed by atoms with Gasteiger partial charge in [0.1, 0.15) is 0 Å². The summed E-state index contributed by atoms with van der Waals surface area (Å²) in [6, 6.07) is 0.499. The summed E-state index contributed by atoms with van der Waals surface area (Å²) in [5.41, 5.74) is 5.51. The summed E-state index contributed by atoms with van der Waals surface area (Å²) in [7, 11) is 0. The van der Waals surface area contributed by atoms with Crippen molar-refractivity contribution in [2.24, 2.45) is 17.1 Å². The minimum Gasteiger partial charge on any atom is -0.368 e. The van der Waals surface area contributed by atoms with Crippen LogP contribution in [0.5, 0.6) is 0 Å². The van der Waals surface area contributed by atoms with Gasteiger partial charge in [-0.15, -0.1) is 0 Å². The topological polar surface area (TPSA) is 55.1 Å². The zero-order chi connectivity index (χ0) is 13.4. The van der Waals surface area contributed by atoms with Gasteiger partial charge in [-0.2, -0.15) is 0 Å². The fourth-order valence-corrected chi connectivity index (χ4v) is 4.40. The first-order chi connectivity index (χ1) is 8.33. The molecule has 0 radical (unpaired) electrons. The van der Waals surface area contributed by atoms with Gasteiger partial charge in [-0.3, -0.25) is 4.79 Å². The summed E-state index contributed by atoms with van der Waals surface area (Å²) in [5, 5.41) is 3.64. The summed E-state index contributed by atoms with van der Waals surface area (Å²) < 4.78 is 0. The van der Waals surface area contributed by atoms with Crippen molar-refractivity contribution in [2.75, 3.05) is 0 Å². The van der Waals surface area contributed by atoms with Gasteiger partial charge in [0.2, 0.25) is 5.91 Å². The number of hydrogen-bond acceptors (Lipinski definition) is 2. The Labute approximate surface area is 111 Å². The number of amides is 1. The van der Waals surface area contributed by atoms with Gasteiger partial charge in [0.25, 0.3) is 0 Å². The quantitative estimate of drug-likeness (QED) is 0.811. The second-order valence-electron chi connectivity index (χ2n) is 7.43. The molecule has 0 aromatic carbocycles. The van der Waals surface area contributed by atoms with Gasteiger partial charge in [-0.25, -0.2) is 0 Å². The molecule has 2 unspecified atom stereocenters. The van der Waals surface area contributed by atoms with E-state index in [1.165, 1.54) is 32.1 Å². The van der Waals surface area contributed by atoms with E-state index in [9.17, 15) is 4.79 Å². The van der Waals surface area contributed by atoms with E-state index in [1.807, 2.05) is 0 Å². The third-order valence-corrected chi connectivity index (χ3v) is 4.69. The van der Waals surface area contributed by atoms with Crippen LogP contribution in [0.25, 0.3) is 0 Å². The zero-order valence-corrected chi connectivity index (χ0v) is 12.1. The lowest BCUT2D eigenvalue weighted by Crippen LogP contribution is -2.62. The Morgan fingerprint density at radius 1 is 1.22 bits per heavy atom. The lowest BCUT2D eigenvalue weighted by atomic mass is 9.63. The molecular weight excluding hydrogens is 224 g/mol. The average molecular weight is 252 g/mol. The number of carbonyl (C=O) groups is 1. The van der Waals surface area contributed by atoms with E-state index in [0.717, 1.165) is 12.8 Å². The highest BCUT2D eigenvalue weighted by molar-refractivity contribution is 5.85. The molecule has 18 heavy (non-hydrogen) atoms. The number of nitrogens with one attached hydrogen (secondary N) is 1. The van der Waals surface area contributed by atoms with Crippen LogP contribution >= 0.6 is 0 Å². The molecular formula is C15H28N2O. The number of nitrogens with two attached hydrogens (primary N) is 1. The van der Waals surface area contributed by atoms with Crippen molar-refractivity contribution in [1.29, 1.82) is 0 Å². The summed E-state index contributed by atoms with van der Waals surface area (Å²) in [4.78, 5) is 12.1. The molecule has 2 rings (SSSR count). The Hall–Kier alpha value is -0.570. The molecule has 0 saturated heterocycles. The molecule has 104 valence electrons. The Kier molecular flexibility index (Phi) is 3.72. The first kappa shape index (κ1) is 13.9. The molecule has 0 bridgehead atoms. The predicted octanol–water partition coefficient (Wildman–Crippen LogP) is 2.59. The van der Waals surface area contributed by atoms with E-state index >= 15 is 0 Å². The van der Waals surface area contributed by atoms with Gasteiger partial charge in [0.05, 0.1) is 5.54 Å². The Balaban J connectivity index is 2.17. The molecule has 0 spiro atoms. The molecule has 3 nitrogen and oxygen atoms in total. The molecule has 3 N–H and O–H groups in total. The minimum absolute atomic E-state index is 0.144. The Morgan fingerprint density at radius 2 is 1.83 bits per heavy atom. The molecule has 2 aliphatic rings. The Bertz CT molecular complexity index is 320. The van der Waals surface area contributed by atoms with E-state index in [-0.39, 0.29) is 11.3 Å². The molecule has 0 aromatic rings. The summed E-state index contributed by atoms with van der Waals surface area (Å²) >= 11 is 0. The first-order valence-corrected chi connectivity index (χ1v) is 7.41. The summed E-state index contributed by atoms with van der Waals surface area (Å²) in [6.07, 6.45) is 7.94. The van der Waals surface area contributed by atoms with Crippen molar-refractivity contribution in [3.05, 3.63) is 0 Å². The molecule has 0 heterocycles. The predicted molar refractivity (Wildman–Crippen MR) is 74.1 cm³/mol. The number of primary amides is 1. The molecule has 2 aliphatic carbocycles. The fraction of sp³-hybridized carbons (Fsp3) is 0.933. The maximum atomic E-state index is 12.1. The van der Waals surface area contributed by atoms with Crippen molar-refractivity contribution >= 4 is 5.91 Å². The van der Waals surface area contributed by atoms with Crippen molar-refractivity contribution in [3.8, 4) is 0 Å². The van der Waals surface area contributed by atoms with Crippen LogP contribution in [-0.2, 0) is 4.79 Å². The monoisotopic (exact) mass is 252 g/mol. The third kappa shape index (κ3) is 2.87. The lowest BCUT2D eigenvalue weighted by molar-refractivity contribution is -0.129. The first-order valence-electron chi connectivity index (χ1n) is 7.41. The molecule has 1 amide bonds. The largest absolute Gasteiger partial charge is 0.368 e. The normalized spacial score (nSPS) is 36.7. The second kappa shape index (κ2) is 4.84. The molecule has 2 saturated carbocycles. The highest BCUT2D eigenvalue weighted by Gasteiger charge is 2.47. The van der Waals surface area contributed by atoms with E-state index < -0.39 is 5.54 Å². The second-order valence-corrected chi connectivity index (χ2v) is 7.43. The van der Waals surface area contributed by atoms with Crippen LogP contribution in [-0.4, -0.2) is 17.5 Å². The molecule has 3 heteroatoms. The smallest absolute Gasteiger partial charge is 0.237 e. The highest BCUT2D eigenvalue weighted by atomic mass is 16.1. The van der Waals surface area contributed by atoms with Gasteiger partial charge in [-0.05, 0) is 43.4 Å². The zero-order valence-electron chi connectivity index (χ0n) is 12.1. The van der Waals surface area contributed by atoms with Crippen LogP contribution < -0.4 is 11.1 Å². The van der Waals surface area contributed by atoms with Gasteiger partial charge < -0.3 is 11.1 Å². The van der Waals surface area contributed by atoms with Crippen LogP contribution in [0.4, 0.5) is 0 Å². The molecule has 0 aromatic heterocycles. The van der Waals surface area contributed by atoms with Gasteiger partial charge in [0, 0.05) is 6.04 Å². The van der Waals surface area contributed by atoms with Crippen LogP contribution in [0.1, 0.15) is 65.7 Å². The van der Waals surface area contributed by atoms with Crippen molar-refractivity contribution in [2.45, 2.75) is 77.3 Å².